The number of carbonyl (C=O) groups excluding carboxylic acids is 2. The van der Waals surface area contributed by atoms with Gasteiger partial charge in [0.2, 0.25) is 11.7 Å². The van der Waals surface area contributed by atoms with E-state index >= 15 is 0 Å². The van der Waals surface area contributed by atoms with E-state index in [1.54, 1.807) is 30.3 Å². The Bertz CT molecular complexity index is 1150. The first-order valence-corrected chi connectivity index (χ1v) is 11.2. The van der Waals surface area contributed by atoms with Gasteiger partial charge in [0.1, 0.15) is 11.5 Å². The summed E-state index contributed by atoms with van der Waals surface area (Å²) < 4.78 is 11.3. The lowest BCUT2D eigenvalue weighted by molar-refractivity contribution is -0.121. The van der Waals surface area contributed by atoms with Crippen LogP contribution in [0.5, 0.6) is 5.75 Å². The van der Waals surface area contributed by atoms with Crippen LogP contribution in [0.15, 0.2) is 40.9 Å². The van der Waals surface area contributed by atoms with Crippen molar-refractivity contribution < 1.29 is 18.7 Å². The predicted octanol–water partition coefficient (Wildman–Crippen LogP) is 4.80. The van der Waals surface area contributed by atoms with Gasteiger partial charge in [0, 0.05) is 23.5 Å². The molecule has 2 heterocycles. The van der Waals surface area contributed by atoms with Gasteiger partial charge in [0.05, 0.1) is 12.1 Å². The third kappa shape index (κ3) is 4.96. The van der Waals surface area contributed by atoms with Crippen LogP contribution < -0.4 is 15.4 Å². The zero-order valence-electron chi connectivity index (χ0n) is 18.9. The van der Waals surface area contributed by atoms with Crippen LogP contribution in [0.25, 0.3) is 11.0 Å². The molecule has 0 spiro atoms. The van der Waals surface area contributed by atoms with Crippen LogP contribution >= 0.6 is 11.6 Å². The highest BCUT2D eigenvalue weighted by Gasteiger charge is 2.30. The number of pyridine rings is 1. The summed E-state index contributed by atoms with van der Waals surface area (Å²) in [4.78, 5) is 32.5. The molecule has 2 N–H and O–H groups in total. The number of benzene rings is 1. The minimum atomic E-state index is -0.533. The Hall–Kier alpha value is -3.10. The Morgan fingerprint density at radius 2 is 1.88 bits per heavy atom. The van der Waals surface area contributed by atoms with Crippen molar-refractivity contribution >= 4 is 45.9 Å². The lowest BCUT2D eigenvalue weighted by Crippen LogP contribution is -2.35. The number of anilines is 2. The van der Waals surface area contributed by atoms with E-state index in [1.165, 1.54) is 13.3 Å². The zero-order chi connectivity index (χ0) is 23.5. The number of halogens is 1. The van der Waals surface area contributed by atoms with Gasteiger partial charge in [0.15, 0.2) is 11.3 Å². The smallest absolute Gasteiger partial charge is 0.294 e. The molecule has 1 saturated carbocycles. The van der Waals surface area contributed by atoms with E-state index in [-0.39, 0.29) is 17.6 Å². The minimum absolute atomic E-state index is 0.0124. The number of methoxy groups -OCH3 is 1. The van der Waals surface area contributed by atoms with Crippen molar-refractivity contribution in [3.63, 3.8) is 0 Å². The van der Waals surface area contributed by atoms with Gasteiger partial charge in [-0.15, -0.1) is 0 Å². The molecule has 2 aromatic heterocycles. The first-order valence-electron chi connectivity index (χ1n) is 10.9. The minimum Gasteiger partial charge on any atom is -0.493 e. The maximum Gasteiger partial charge on any atom is 0.294 e. The topological polar surface area (TPSA) is 96.7 Å². The van der Waals surface area contributed by atoms with Crippen LogP contribution in [0, 0.1) is 5.92 Å². The molecule has 3 aromatic rings. The van der Waals surface area contributed by atoms with Crippen molar-refractivity contribution in [2.45, 2.75) is 31.7 Å². The highest BCUT2D eigenvalue weighted by Crippen LogP contribution is 2.38. The van der Waals surface area contributed by atoms with Crippen LogP contribution in [0.3, 0.4) is 0 Å². The van der Waals surface area contributed by atoms with Crippen molar-refractivity contribution in [1.29, 1.82) is 0 Å². The first-order chi connectivity index (χ1) is 15.9. The molecule has 0 atom stereocenters. The van der Waals surface area contributed by atoms with E-state index in [0.717, 1.165) is 25.7 Å². The summed E-state index contributed by atoms with van der Waals surface area (Å²) in [5.41, 5.74) is 0.718. The number of hydrogen-bond donors (Lipinski definition) is 2. The number of ether oxygens (including phenoxy) is 1. The number of aromatic nitrogens is 1. The second-order valence-corrected chi connectivity index (χ2v) is 8.85. The Labute approximate surface area is 197 Å². The molecule has 0 unspecified atom stereocenters. The molecule has 1 fully saturated rings. The van der Waals surface area contributed by atoms with Gasteiger partial charge in [-0.2, -0.15) is 0 Å². The van der Waals surface area contributed by atoms with Crippen LogP contribution in [0.4, 0.5) is 11.5 Å². The molecule has 0 aliphatic heterocycles. The van der Waals surface area contributed by atoms with Crippen molar-refractivity contribution in [1.82, 2.24) is 9.88 Å². The maximum absolute atomic E-state index is 13.2. The fraction of sp³-hybridized carbons (Fsp3) is 0.375. The summed E-state index contributed by atoms with van der Waals surface area (Å²) in [5, 5.41) is 6.72. The van der Waals surface area contributed by atoms with Gasteiger partial charge < -0.3 is 24.7 Å². The van der Waals surface area contributed by atoms with Gasteiger partial charge >= 0.3 is 0 Å². The average molecular weight is 471 g/mol. The summed E-state index contributed by atoms with van der Waals surface area (Å²) in [7, 11) is 5.66. The SMILES string of the molecule is COc1cccc2c(NC(=O)C3CCC(N(C)C)CC3)c(C(=O)Nc3ccc(Cl)cn3)oc12. The number of carbonyl (C=O) groups is 2. The van der Waals surface area contributed by atoms with Crippen molar-refractivity contribution in [3.05, 3.63) is 47.3 Å². The van der Waals surface area contributed by atoms with Crippen LogP contribution in [0.2, 0.25) is 5.02 Å². The van der Waals surface area contributed by atoms with Gasteiger partial charge in [-0.25, -0.2) is 4.98 Å². The summed E-state index contributed by atoms with van der Waals surface area (Å²) in [6, 6.07) is 9.02. The molecule has 0 bridgehead atoms. The molecule has 0 saturated heterocycles. The first kappa shape index (κ1) is 23.1. The zero-order valence-corrected chi connectivity index (χ0v) is 19.6. The monoisotopic (exact) mass is 470 g/mol. The predicted molar refractivity (Wildman–Crippen MR) is 128 cm³/mol. The fourth-order valence-electron chi connectivity index (χ4n) is 4.24. The molecule has 0 radical (unpaired) electrons. The molecule has 4 rings (SSSR count). The standard InChI is InChI=1S/C24H27ClN4O4/c1-29(2)16-10-7-14(8-11-16)23(30)28-20-17-5-4-6-18(32-3)21(17)33-22(20)24(31)27-19-12-9-15(25)13-26-19/h4-6,9,12-14,16H,7-8,10-11H2,1-3H3,(H,28,30)(H,26,27,31). The fourth-order valence-corrected chi connectivity index (χ4v) is 4.35. The molecule has 2 amide bonds. The van der Waals surface area contributed by atoms with Gasteiger partial charge in [-0.05, 0) is 64.0 Å². The third-order valence-electron chi connectivity index (χ3n) is 6.12. The molecular weight excluding hydrogens is 444 g/mol. The van der Waals surface area contributed by atoms with Crippen molar-refractivity contribution in [3.8, 4) is 5.75 Å². The quantitative estimate of drug-likeness (QED) is 0.537. The number of furan rings is 1. The molecule has 9 heteroatoms. The van der Waals surface area contributed by atoms with Crippen LogP contribution in [-0.2, 0) is 4.79 Å². The second-order valence-electron chi connectivity index (χ2n) is 8.42. The Morgan fingerprint density at radius 3 is 2.52 bits per heavy atom. The lowest BCUT2D eigenvalue weighted by Gasteiger charge is -2.31. The summed E-state index contributed by atoms with van der Waals surface area (Å²) in [6.45, 7) is 0. The van der Waals surface area contributed by atoms with Gasteiger partial charge in [-0.3, -0.25) is 9.59 Å². The van der Waals surface area contributed by atoms with Crippen molar-refractivity contribution in [2.24, 2.45) is 5.92 Å². The van der Waals surface area contributed by atoms with Gasteiger partial charge in [0.25, 0.3) is 5.91 Å². The second kappa shape index (κ2) is 9.80. The molecule has 1 aromatic carbocycles. The third-order valence-corrected chi connectivity index (χ3v) is 6.34. The number of para-hydroxylation sites is 1. The molecule has 33 heavy (non-hydrogen) atoms. The number of rotatable bonds is 6. The molecule has 174 valence electrons. The van der Waals surface area contributed by atoms with E-state index in [0.29, 0.717) is 39.3 Å². The van der Waals surface area contributed by atoms with E-state index < -0.39 is 5.91 Å². The normalized spacial score (nSPS) is 18.3. The number of nitrogens with one attached hydrogen (secondary N) is 2. The van der Waals surface area contributed by atoms with E-state index in [1.807, 2.05) is 0 Å². The van der Waals surface area contributed by atoms with E-state index in [2.05, 4.69) is 34.6 Å². The Kier molecular flexibility index (Phi) is 6.85. The largest absolute Gasteiger partial charge is 0.493 e. The number of hydrogen-bond acceptors (Lipinski definition) is 6. The lowest BCUT2D eigenvalue weighted by atomic mass is 9.85. The van der Waals surface area contributed by atoms with E-state index in [9.17, 15) is 9.59 Å². The van der Waals surface area contributed by atoms with Crippen molar-refractivity contribution in [2.75, 3.05) is 31.8 Å². The van der Waals surface area contributed by atoms with Gasteiger partial charge in [-0.1, -0.05) is 17.7 Å². The van der Waals surface area contributed by atoms with E-state index in [4.69, 9.17) is 20.8 Å². The molecular formula is C24H27ClN4O4. The Balaban J connectivity index is 1.62. The molecule has 1 aliphatic rings. The average Bonchev–Trinajstić information content (AvgIpc) is 3.19. The highest BCUT2D eigenvalue weighted by atomic mass is 35.5. The number of amides is 2. The molecule has 8 nitrogen and oxygen atoms in total. The summed E-state index contributed by atoms with van der Waals surface area (Å²) in [5.74, 6) is 0.00697. The Morgan fingerprint density at radius 1 is 1.12 bits per heavy atom. The van der Waals surface area contributed by atoms with Crippen LogP contribution in [-0.4, -0.2) is 48.9 Å². The number of fused-ring (bicyclic) bond motifs is 1. The maximum atomic E-state index is 13.2. The number of nitrogens with zero attached hydrogens (tertiary/aromatic N) is 2. The summed E-state index contributed by atoms with van der Waals surface area (Å²) in [6.07, 6.45) is 4.95. The molecule has 1 aliphatic carbocycles. The van der Waals surface area contributed by atoms with Crippen LogP contribution in [0.1, 0.15) is 36.2 Å². The highest BCUT2D eigenvalue weighted by molar-refractivity contribution is 6.30. The summed E-state index contributed by atoms with van der Waals surface area (Å²) >= 11 is 5.88.